The van der Waals surface area contributed by atoms with Gasteiger partial charge in [0.15, 0.2) is 10.9 Å². The van der Waals surface area contributed by atoms with Crippen LogP contribution in [0.5, 0.6) is 5.75 Å². The smallest absolute Gasteiger partial charge is 0.173 e. The van der Waals surface area contributed by atoms with Crippen molar-refractivity contribution in [3.05, 3.63) is 58.6 Å². The Morgan fingerprint density at radius 2 is 1.96 bits per heavy atom. The van der Waals surface area contributed by atoms with Crippen molar-refractivity contribution < 1.29 is 9.53 Å². The zero-order chi connectivity index (χ0) is 19.0. The van der Waals surface area contributed by atoms with Gasteiger partial charge in [-0.15, -0.1) is 0 Å². The fourth-order valence-corrected chi connectivity index (χ4v) is 4.33. The molecule has 4 nitrogen and oxygen atoms in total. The molecule has 0 bridgehead atoms. The third-order valence-corrected chi connectivity index (χ3v) is 6.00. The van der Waals surface area contributed by atoms with Crippen LogP contribution in [-0.4, -0.2) is 34.5 Å². The lowest BCUT2D eigenvalue weighted by atomic mass is 9.82. The number of carbonyl (C=O) groups excluding carboxylic acids is 1. The number of para-hydroxylation sites is 1. The predicted molar refractivity (Wildman–Crippen MR) is 112 cm³/mol. The highest BCUT2D eigenvalue weighted by Gasteiger charge is 2.43. The van der Waals surface area contributed by atoms with Crippen molar-refractivity contribution in [1.82, 2.24) is 4.90 Å². The Balaban J connectivity index is 1.42. The summed E-state index contributed by atoms with van der Waals surface area (Å²) >= 11 is 11.9. The van der Waals surface area contributed by atoms with E-state index in [1.54, 1.807) is 0 Å². The van der Waals surface area contributed by atoms with E-state index in [-0.39, 0.29) is 5.78 Å². The molecule has 1 spiro atoms. The normalized spacial score (nSPS) is 18.0. The van der Waals surface area contributed by atoms with E-state index in [0.717, 1.165) is 37.2 Å². The number of hydrogen-bond acceptors (Lipinski definition) is 3. The monoisotopic (exact) mass is 400 g/mol. The summed E-state index contributed by atoms with van der Waals surface area (Å²) in [5, 5.41) is 4.55. The number of carbonyl (C=O) groups is 1. The van der Waals surface area contributed by atoms with Gasteiger partial charge < -0.3 is 15.0 Å². The number of fused-ring (bicyclic) bond motifs is 1. The van der Waals surface area contributed by atoms with Crippen LogP contribution in [0.4, 0.5) is 5.69 Å². The maximum atomic E-state index is 12.5. The molecule has 0 saturated carbocycles. The first kappa shape index (κ1) is 18.3. The van der Waals surface area contributed by atoms with Crippen LogP contribution in [0.15, 0.2) is 42.5 Å². The minimum atomic E-state index is -0.418. The van der Waals surface area contributed by atoms with E-state index in [1.165, 1.54) is 0 Å². The van der Waals surface area contributed by atoms with Crippen molar-refractivity contribution in [2.45, 2.75) is 31.8 Å². The van der Waals surface area contributed by atoms with Crippen LogP contribution in [0.1, 0.15) is 35.2 Å². The number of thiocarbonyl (C=S) groups is 1. The summed E-state index contributed by atoms with van der Waals surface area (Å²) in [5.41, 5.74) is 2.19. The number of nitrogens with one attached hydrogen (secondary N) is 1. The Morgan fingerprint density at radius 1 is 1.22 bits per heavy atom. The minimum Gasteiger partial charge on any atom is -0.486 e. The Kier molecular flexibility index (Phi) is 4.82. The summed E-state index contributed by atoms with van der Waals surface area (Å²) < 4.78 is 6.28. The van der Waals surface area contributed by atoms with Gasteiger partial charge in [-0.25, -0.2) is 0 Å². The van der Waals surface area contributed by atoms with E-state index in [4.69, 9.17) is 28.6 Å². The third-order valence-electron chi connectivity index (χ3n) is 5.32. The molecule has 0 aromatic heterocycles. The molecule has 140 valence electrons. The lowest BCUT2D eigenvalue weighted by Gasteiger charge is -2.44. The fourth-order valence-electron chi connectivity index (χ4n) is 3.76. The van der Waals surface area contributed by atoms with Gasteiger partial charge in [-0.1, -0.05) is 29.8 Å². The molecular formula is C21H21ClN2O2S. The third kappa shape index (κ3) is 3.66. The number of rotatable bonds is 1. The van der Waals surface area contributed by atoms with Crippen molar-refractivity contribution in [1.29, 1.82) is 0 Å². The number of likely N-dealkylation sites (tertiary alicyclic amines) is 1. The van der Waals surface area contributed by atoms with E-state index >= 15 is 0 Å². The van der Waals surface area contributed by atoms with E-state index in [9.17, 15) is 4.79 Å². The van der Waals surface area contributed by atoms with Crippen LogP contribution < -0.4 is 10.1 Å². The second-order valence-corrected chi connectivity index (χ2v) is 8.08. The molecule has 1 saturated heterocycles. The van der Waals surface area contributed by atoms with Crippen molar-refractivity contribution in [3.63, 3.8) is 0 Å². The number of piperidine rings is 1. The number of nitrogens with zero attached hydrogens (tertiary/aromatic N) is 1. The summed E-state index contributed by atoms with van der Waals surface area (Å²) in [7, 11) is 0. The Hall–Kier alpha value is -2.11. The second-order valence-electron chi connectivity index (χ2n) is 7.28. The number of hydrogen-bond donors (Lipinski definition) is 1. The minimum absolute atomic E-state index is 0.164. The molecule has 2 aromatic carbocycles. The predicted octanol–water partition coefficient (Wildman–Crippen LogP) is 4.85. The summed E-state index contributed by atoms with van der Waals surface area (Å²) in [5.74, 6) is 0.867. The molecule has 0 aliphatic carbocycles. The first-order valence-electron chi connectivity index (χ1n) is 9.09. The molecule has 6 heteroatoms. The first-order chi connectivity index (χ1) is 13.0. The molecule has 27 heavy (non-hydrogen) atoms. The van der Waals surface area contributed by atoms with Crippen molar-refractivity contribution >= 4 is 40.4 Å². The molecule has 0 amide bonds. The Bertz CT molecular complexity index is 907. The van der Waals surface area contributed by atoms with Gasteiger partial charge in [-0.05, 0) is 49.0 Å². The largest absolute Gasteiger partial charge is 0.486 e. The number of anilines is 1. The molecule has 1 N–H and O–H groups in total. The SMILES string of the molecule is Cc1ccc(NC(=S)N2CCC3(CC2)CC(=O)c2ccccc2O3)c(Cl)c1. The summed E-state index contributed by atoms with van der Waals surface area (Å²) in [4.78, 5) is 14.7. The van der Waals surface area contributed by atoms with Crippen LogP contribution in [0, 0.1) is 6.92 Å². The topological polar surface area (TPSA) is 41.6 Å². The summed E-state index contributed by atoms with van der Waals surface area (Å²) in [6.07, 6.45) is 1.95. The van der Waals surface area contributed by atoms with Crippen LogP contribution in [0.3, 0.4) is 0 Å². The van der Waals surface area contributed by atoms with Gasteiger partial charge in [-0.3, -0.25) is 4.79 Å². The average molecular weight is 401 g/mol. The molecule has 2 aromatic rings. The summed E-state index contributed by atoms with van der Waals surface area (Å²) in [6.45, 7) is 3.48. The van der Waals surface area contributed by atoms with Gasteiger partial charge >= 0.3 is 0 Å². The van der Waals surface area contributed by atoms with Gasteiger partial charge in [0.05, 0.1) is 22.7 Å². The fraction of sp³-hybridized carbons (Fsp3) is 0.333. The molecule has 4 rings (SSSR count). The zero-order valence-corrected chi connectivity index (χ0v) is 16.7. The van der Waals surface area contributed by atoms with E-state index in [2.05, 4.69) is 10.2 Å². The van der Waals surface area contributed by atoms with Crippen LogP contribution >= 0.6 is 23.8 Å². The van der Waals surface area contributed by atoms with E-state index < -0.39 is 5.60 Å². The molecule has 0 atom stereocenters. The second kappa shape index (κ2) is 7.13. The van der Waals surface area contributed by atoms with Crippen LogP contribution in [0.25, 0.3) is 0 Å². The van der Waals surface area contributed by atoms with Gasteiger partial charge in [0.1, 0.15) is 11.4 Å². The number of benzene rings is 2. The lowest BCUT2D eigenvalue weighted by Crippen LogP contribution is -2.53. The molecule has 1 fully saturated rings. The maximum absolute atomic E-state index is 12.5. The average Bonchev–Trinajstić information content (AvgIpc) is 2.64. The van der Waals surface area contributed by atoms with E-state index in [0.29, 0.717) is 27.9 Å². The van der Waals surface area contributed by atoms with Crippen LogP contribution in [0.2, 0.25) is 5.02 Å². The Morgan fingerprint density at radius 3 is 2.70 bits per heavy atom. The van der Waals surface area contributed by atoms with Crippen molar-refractivity contribution in [3.8, 4) is 5.75 Å². The van der Waals surface area contributed by atoms with Gasteiger partial charge in [0.25, 0.3) is 0 Å². The molecule has 2 aliphatic heterocycles. The molecule has 2 heterocycles. The van der Waals surface area contributed by atoms with E-state index in [1.807, 2.05) is 49.4 Å². The standard InChI is InChI=1S/C21H21ClN2O2S/c1-14-6-7-17(16(22)12-14)23-20(27)24-10-8-21(9-11-24)13-18(25)15-4-2-3-5-19(15)26-21/h2-7,12H,8-11,13H2,1H3,(H,23,27). The van der Waals surface area contributed by atoms with Gasteiger partial charge in [0.2, 0.25) is 0 Å². The zero-order valence-electron chi connectivity index (χ0n) is 15.1. The molecule has 0 unspecified atom stereocenters. The van der Waals surface area contributed by atoms with Crippen molar-refractivity contribution in [2.24, 2.45) is 0 Å². The number of Topliss-reactive ketones (excluding diaryl/α,β-unsaturated/α-hetero) is 1. The highest BCUT2D eigenvalue weighted by Crippen LogP contribution is 2.39. The highest BCUT2D eigenvalue weighted by molar-refractivity contribution is 7.80. The maximum Gasteiger partial charge on any atom is 0.173 e. The quantitative estimate of drug-likeness (QED) is 0.693. The number of halogens is 1. The first-order valence-corrected chi connectivity index (χ1v) is 9.88. The molecule has 2 aliphatic rings. The Labute approximate surface area is 169 Å². The van der Waals surface area contributed by atoms with Crippen LogP contribution in [-0.2, 0) is 0 Å². The number of aryl methyl sites for hydroxylation is 1. The van der Waals surface area contributed by atoms with Gasteiger partial charge in [-0.2, -0.15) is 0 Å². The molecular weight excluding hydrogens is 380 g/mol. The molecule has 0 radical (unpaired) electrons. The van der Waals surface area contributed by atoms with Gasteiger partial charge in [0, 0.05) is 25.9 Å². The highest BCUT2D eigenvalue weighted by atomic mass is 35.5. The lowest BCUT2D eigenvalue weighted by molar-refractivity contribution is 0.00407. The number of ketones is 1. The number of ether oxygens (including phenoxy) is 1. The summed E-state index contributed by atoms with van der Waals surface area (Å²) in [6, 6.07) is 13.4. The van der Waals surface area contributed by atoms with Crippen molar-refractivity contribution in [2.75, 3.05) is 18.4 Å².